The van der Waals surface area contributed by atoms with Crippen molar-refractivity contribution in [2.24, 2.45) is 11.5 Å². The Hall–Kier alpha value is -0.440. The monoisotopic (exact) mass is 381 g/mol. The fraction of sp³-hybridized carbons (Fsp3) is 1.00. The summed E-state index contributed by atoms with van der Waals surface area (Å²) >= 11 is 0. The number of hydroxylamine groups is 2. The highest BCUT2D eigenvalue weighted by Crippen LogP contribution is 1.87. The van der Waals surface area contributed by atoms with Crippen molar-refractivity contribution in [1.82, 2.24) is 25.7 Å². The van der Waals surface area contributed by atoms with Crippen molar-refractivity contribution in [2.45, 2.75) is 0 Å². The number of hydrogen-bond acceptors (Lipinski definition) is 11. The molecule has 0 aromatic rings. The minimum absolute atomic E-state index is 0.123. The van der Waals surface area contributed by atoms with E-state index in [4.69, 9.17) is 31.4 Å². The molecule has 158 valence electrons. The van der Waals surface area contributed by atoms with Gasteiger partial charge in [0.2, 0.25) is 0 Å². The van der Waals surface area contributed by atoms with E-state index in [1.807, 2.05) is 11.9 Å². The summed E-state index contributed by atoms with van der Waals surface area (Å²) in [5.74, 6) is 0. The normalized spacial score (nSPS) is 12.0. The van der Waals surface area contributed by atoms with Gasteiger partial charge < -0.3 is 21.7 Å². The van der Waals surface area contributed by atoms with Gasteiger partial charge in [0.05, 0.1) is 13.2 Å². The average Bonchev–Trinajstić information content (AvgIpc) is 2.61. The summed E-state index contributed by atoms with van der Waals surface area (Å²) < 4.78 is 0. The minimum Gasteiger partial charge on any atom is -0.395 e. The van der Waals surface area contributed by atoms with Crippen molar-refractivity contribution in [3.05, 3.63) is 0 Å². The third-order valence-electron chi connectivity index (χ3n) is 3.56. The van der Waals surface area contributed by atoms with Crippen LogP contribution in [0, 0.1) is 0 Å². The van der Waals surface area contributed by atoms with Crippen LogP contribution in [0.4, 0.5) is 0 Å². The summed E-state index contributed by atoms with van der Waals surface area (Å²) in [5.41, 5.74) is 16.8. The van der Waals surface area contributed by atoms with Gasteiger partial charge in [-0.1, -0.05) is 0 Å². The largest absolute Gasteiger partial charge is 0.395 e. The molecule has 0 rings (SSSR count). The summed E-state index contributed by atoms with van der Waals surface area (Å²) in [6.07, 6.45) is 0. The molecular weight excluding hydrogens is 342 g/mol. The quantitative estimate of drug-likeness (QED) is 0.0706. The van der Waals surface area contributed by atoms with Crippen LogP contribution in [-0.2, 0) is 9.68 Å². The van der Waals surface area contributed by atoms with Gasteiger partial charge in [0.25, 0.3) is 0 Å². The summed E-state index contributed by atoms with van der Waals surface area (Å²) in [4.78, 5) is 16.7. The molecule has 0 heterocycles. The number of aliphatic hydroxyl groups excluding tert-OH is 2. The second-order valence-corrected chi connectivity index (χ2v) is 5.90. The number of aliphatic hydroxyl groups is 2. The molecule has 0 atom stereocenters. The second-order valence-electron chi connectivity index (χ2n) is 5.90. The topological polar surface area (TPSA) is 145 Å². The van der Waals surface area contributed by atoms with Crippen LogP contribution in [0.25, 0.3) is 0 Å². The van der Waals surface area contributed by atoms with Crippen molar-refractivity contribution in [3.8, 4) is 0 Å². The molecule has 0 aliphatic carbocycles. The van der Waals surface area contributed by atoms with Crippen LogP contribution in [0.3, 0.4) is 0 Å². The third kappa shape index (κ3) is 15.8. The van der Waals surface area contributed by atoms with E-state index in [2.05, 4.69) is 20.8 Å². The lowest BCUT2D eigenvalue weighted by atomic mass is 10.4. The first kappa shape index (κ1) is 25.6. The molecule has 0 aromatic heterocycles. The van der Waals surface area contributed by atoms with Gasteiger partial charge in [-0.3, -0.25) is 24.4 Å². The van der Waals surface area contributed by atoms with E-state index in [1.165, 1.54) is 0 Å². The van der Waals surface area contributed by atoms with Crippen molar-refractivity contribution in [2.75, 3.05) is 99.2 Å². The van der Waals surface area contributed by atoms with Crippen LogP contribution >= 0.6 is 0 Å². The Bertz CT molecular complexity index is 255. The molecule has 0 aliphatic rings. The molecular formula is C15H39N7O4. The Morgan fingerprint density at radius 3 is 1.50 bits per heavy atom. The lowest BCUT2D eigenvalue weighted by Crippen LogP contribution is -2.39. The molecule has 0 amide bonds. The van der Waals surface area contributed by atoms with E-state index < -0.39 is 0 Å². The van der Waals surface area contributed by atoms with Crippen molar-refractivity contribution < 1.29 is 19.9 Å². The molecule has 0 aromatic carbocycles. The smallest absolute Gasteiger partial charge is 0.122 e. The van der Waals surface area contributed by atoms with Crippen LogP contribution < -0.4 is 22.4 Å². The third-order valence-corrected chi connectivity index (χ3v) is 3.56. The van der Waals surface area contributed by atoms with E-state index in [0.717, 1.165) is 26.2 Å². The lowest BCUT2D eigenvalue weighted by Gasteiger charge is -2.22. The van der Waals surface area contributed by atoms with Gasteiger partial charge in [-0.15, -0.1) is 0 Å². The molecule has 0 saturated carbocycles. The molecule has 8 N–H and O–H groups in total. The molecule has 0 aliphatic heterocycles. The maximum absolute atomic E-state index is 8.96. The second kappa shape index (κ2) is 19.3. The first-order chi connectivity index (χ1) is 12.7. The fourth-order valence-electron chi connectivity index (χ4n) is 2.22. The van der Waals surface area contributed by atoms with Crippen LogP contribution in [-0.4, -0.2) is 124 Å². The number of hydrogen-bond donors (Lipinski definition) is 6. The zero-order valence-corrected chi connectivity index (χ0v) is 16.1. The Morgan fingerprint density at radius 1 is 0.731 bits per heavy atom. The number of nitrogens with one attached hydrogen (secondary N) is 2. The molecule has 0 radical (unpaired) electrons. The van der Waals surface area contributed by atoms with Crippen molar-refractivity contribution in [3.63, 3.8) is 0 Å². The van der Waals surface area contributed by atoms with E-state index in [-0.39, 0.29) is 13.2 Å². The summed E-state index contributed by atoms with van der Waals surface area (Å²) in [7, 11) is 1.88. The standard InChI is InChI=1S/C15H39N7O4/c1-20(14-25-18-4-8-21(6-2-16)10-12-23)15-26-19-5-9-22(7-3-17)11-13-24/h18-19,23-24H,2-17H2,1H3. The Morgan fingerprint density at radius 2 is 1.15 bits per heavy atom. The molecule has 11 heteroatoms. The van der Waals surface area contributed by atoms with E-state index in [9.17, 15) is 0 Å². The van der Waals surface area contributed by atoms with E-state index in [0.29, 0.717) is 52.7 Å². The molecule has 0 unspecified atom stereocenters. The molecule has 26 heavy (non-hydrogen) atoms. The number of nitrogens with zero attached hydrogens (tertiary/aromatic N) is 3. The maximum Gasteiger partial charge on any atom is 0.122 e. The van der Waals surface area contributed by atoms with Crippen molar-refractivity contribution >= 4 is 0 Å². The van der Waals surface area contributed by atoms with E-state index in [1.54, 1.807) is 0 Å². The maximum atomic E-state index is 8.96. The summed E-state index contributed by atoms with van der Waals surface area (Å²) in [6, 6.07) is 0. The Labute approximate surface area is 157 Å². The zero-order chi connectivity index (χ0) is 19.5. The van der Waals surface area contributed by atoms with Crippen LogP contribution in [0.1, 0.15) is 0 Å². The highest BCUT2D eigenvalue weighted by molar-refractivity contribution is 4.58. The van der Waals surface area contributed by atoms with Gasteiger partial charge in [0.15, 0.2) is 0 Å². The molecule has 0 saturated heterocycles. The predicted molar refractivity (Wildman–Crippen MR) is 101 cm³/mol. The molecule has 0 fully saturated rings. The molecule has 0 spiro atoms. The Kier molecular flexibility index (Phi) is 19.0. The van der Waals surface area contributed by atoms with Crippen LogP contribution in [0.15, 0.2) is 0 Å². The number of nitrogens with two attached hydrogens (primary N) is 2. The van der Waals surface area contributed by atoms with E-state index >= 15 is 0 Å². The predicted octanol–water partition coefficient (Wildman–Crippen LogP) is -3.62. The van der Waals surface area contributed by atoms with Crippen molar-refractivity contribution in [1.29, 1.82) is 0 Å². The SMILES string of the molecule is CN(CONCCN(CCN)CCO)CONCCN(CCN)CCO. The van der Waals surface area contributed by atoms with Gasteiger partial charge in [0.1, 0.15) is 13.5 Å². The first-order valence-electron chi connectivity index (χ1n) is 9.12. The fourth-order valence-corrected chi connectivity index (χ4v) is 2.22. The van der Waals surface area contributed by atoms with Gasteiger partial charge in [0, 0.05) is 65.4 Å². The van der Waals surface area contributed by atoms with Crippen LogP contribution in [0.2, 0.25) is 0 Å². The lowest BCUT2D eigenvalue weighted by molar-refractivity contribution is -0.0918. The average molecular weight is 382 g/mol. The first-order valence-corrected chi connectivity index (χ1v) is 9.12. The molecule has 11 nitrogen and oxygen atoms in total. The van der Waals surface area contributed by atoms with Gasteiger partial charge in [-0.2, -0.15) is 11.0 Å². The summed E-state index contributed by atoms with van der Waals surface area (Å²) in [5, 5.41) is 17.9. The van der Waals surface area contributed by atoms with Gasteiger partial charge in [-0.05, 0) is 7.05 Å². The zero-order valence-electron chi connectivity index (χ0n) is 16.1. The van der Waals surface area contributed by atoms with Crippen LogP contribution in [0.5, 0.6) is 0 Å². The summed E-state index contributed by atoms with van der Waals surface area (Å²) in [6.45, 7) is 7.67. The van der Waals surface area contributed by atoms with Gasteiger partial charge in [-0.25, -0.2) is 0 Å². The highest BCUT2D eigenvalue weighted by atomic mass is 16.7. The molecule has 0 bridgehead atoms. The highest BCUT2D eigenvalue weighted by Gasteiger charge is 2.04. The van der Waals surface area contributed by atoms with Gasteiger partial charge >= 0.3 is 0 Å². The minimum atomic E-state index is 0.123. The number of rotatable bonds is 20. The Balaban J connectivity index is 3.55.